The number of imidazole rings is 1. The molecular weight excluding hydrogens is 384 g/mol. The van der Waals surface area contributed by atoms with Gasteiger partial charge in [0, 0.05) is 45.5 Å². The molecule has 0 bridgehead atoms. The van der Waals surface area contributed by atoms with Crippen molar-refractivity contribution >= 4 is 18.0 Å². The van der Waals surface area contributed by atoms with Gasteiger partial charge in [0.15, 0.2) is 0 Å². The molecule has 1 heterocycles. The molecule has 1 N–H and O–H groups in total. The minimum atomic E-state index is -0.944. The van der Waals surface area contributed by atoms with Crippen LogP contribution in [0.4, 0.5) is 0 Å². The molecule has 0 fully saturated rings. The molecule has 1 aliphatic carbocycles. The lowest BCUT2D eigenvalue weighted by Gasteiger charge is -2.25. The lowest BCUT2D eigenvalue weighted by Crippen LogP contribution is -2.32. The van der Waals surface area contributed by atoms with Gasteiger partial charge in [0.2, 0.25) is 0 Å². The van der Waals surface area contributed by atoms with Gasteiger partial charge >= 0.3 is 11.9 Å². The van der Waals surface area contributed by atoms with Crippen molar-refractivity contribution in [3.8, 4) is 0 Å². The number of benzene rings is 1. The fourth-order valence-corrected chi connectivity index (χ4v) is 3.41. The number of hydrogen-bond donors (Lipinski definition) is 1. The van der Waals surface area contributed by atoms with E-state index in [1.807, 2.05) is 31.3 Å². The third-order valence-corrected chi connectivity index (χ3v) is 4.82. The molecule has 0 aliphatic heterocycles. The van der Waals surface area contributed by atoms with Crippen molar-refractivity contribution in [2.45, 2.75) is 44.5 Å². The number of carbonyl (C=O) groups excluding carboxylic acids is 2. The summed E-state index contributed by atoms with van der Waals surface area (Å²) in [4.78, 5) is 27.9. The van der Waals surface area contributed by atoms with Gasteiger partial charge in [-0.05, 0) is 17.2 Å². The third kappa shape index (κ3) is 6.15. The van der Waals surface area contributed by atoms with Crippen LogP contribution in [0.1, 0.15) is 30.2 Å². The van der Waals surface area contributed by atoms with Crippen molar-refractivity contribution < 1.29 is 24.2 Å². The number of aliphatic hydroxyl groups excluding tert-OH is 1. The molecule has 3 unspecified atom stereocenters. The molecule has 0 saturated heterocycles. The van der Waals surface area contributed by atoms with Gasteiger partial charge < -0.3 is 19.1 Å². The molecular formula is C23H26N2O5. The van der Waals surface area contributed by atoms with Gasteiger partial charge in [-0.25, -0.2) is 9.78 Å². The molecule has 0 amide bonds. The summed E-state index contributed by atoms with van der Waals surface area (Å²) in [6.07, 6.45) is 9.11. The van der Waals surface area contributed by atoms with Crippen LogP contribution in [0.5, 0.6) is 0 Å². The first-order valence-electron chi connectivity index (χ1n) is 9.86. The molecule has 1 aromatic heterocycles. The zero-order chi connectivity index (χ0) is 21.5. The molecule has 0 saturated carbocycles. The summed E-state index contributed by atoms with van der Waals surface area (Å²) in [5.41, 5.74) is 2.61. The predicted octanol–water partition coefficient (Wildman–Crippen LogP) is 2.38. The van der Waals surface area contributed by atoms with Crippen molar-refractivity contribution in [1.82, 2.24) is 9.55 Å². The summed E-state index contributed by atoms with van der Waals surface area (Å²) in [5, 5.41) is 10.5. The Hall–Kier alpha value is -3.19. The van der Waals surface area contributed by atoms with Gasteiger partial charge in [0.25, 0.3) is 0 Å². The monoisotopic (exact) mass is 410 g/mol. The highest BCUT2D eigenvalue weighted by Gasteiger charge is 2.24. The van der Waals surface area contributed by atoms with Gasteiger partial charge in [-0.2, -0.15) is 0 Å². The normalized spacial score (nSPS) is 22.8. The first kappa shape index (κ1) is 21.5. The van der Waals surface area contributed by atoms with E-state index in [0.717, 1.165) is 11.1 Å². The minimum absolute atomic E-state index is 0.376. The van der Waals surface area contributed by atoms with Crippen LogP contribution >= 0.6 is 0 Å². The van der Waals surface area contributed by atoms with E-state index in [1.54, 1.807) is 35.3 Å². The summed E-state index contributed by atoms with van der Waals surface area (Å²) in [6.45, 7) is 1.33. The van der Waals surface area contributed by atoms with Crippen molar-refractivity contribution in [3.63, 3.8) is 0 Å². The number of rotatable bonds is 4. The van der Waals surface area contributed by atoms with Gasteiger partial charge in [-0.15, -0.1) is 0 Å². The van der Waals surface area contributed by atoms with Crippen LogP contribution in [0.15, 0.2) is 55.0 Å². The molecule has 0 radical (unpaired) electrons. The molecule has 158 valence electrons. The van der Waals surface area contributed by atoms with E-state index in [0.29, 0.717) is 25.0 Å². The zero-order valence-electron chi connectivity index (χ0n) is 17.1. The summed E-state index contributed by atoms with van der Waals surface area (Å²) in [6, 6.07) is 7.71. The highest BCUT2D eigenvalue weighted by atomic mass is 16.6. The number of aromatic nitrogens is 2. The smallest absolute Gasteiger partial charge is 0.331 e. The lowest BCUT2D eigenvalue weighted by molar-refractivity contribution is -0.150. The van der Waals surface area contributed by atoms with Gasteiger partial charge in [0.05, 0.1) is 12.0 Å². The molecule has 7 nitrogen and oxygen atoms in total. The number of ether oxygens (including phenoxy) is 2. The zero-order valence-corrected chi connectivity index (χ0v) is 17.1. The van der Waals surface area contributed by atoms with Crippen LogP contribution in [0, 0.1) is 0 Å². The SMILES string of the molecule is CC(=O)OC1Cc2ccccc2CC(OC(=O)/C=C/c2cn(C)cn2)C/C=C\C1O. The number of hydrogen-bond acceptors (Lipinski definition) is 6. The molecule has 7 heteroatoms. The Kier molecular flexibility index (Phi) is 7.19. The summed E-state index contributed by atoms with van der Waals surface area (Å²) in [7, 11) is 1.85. The third-order valence-electron chi connectivity index (χ3n) is 4.82. The fraction of sp³-hybridized carbons (Fsp3) is 0.348. The van der Waals surface area contributed by atoms with Gasteiger partial charge in [-0.1, -0.05) is 36.4 Å². The van der Waals surface area contributed by atoms with Crippen molar-refractivity contribution in [2.75, 3.05) is 0 Å². The number of aliphatic hydroxyl groups is 1. The second kappa shape index (κ2) is 10.0. The van der Waals surface area contributed by atoms with Gasteiger partial charge in [0.1, 0.15) is 18.3 Å². The van der Waals surface area contributed by atoms with Crippen molar-refractivity contribution in [2.24, 2.45) is 7.05 Å². The van der Waals surface area contributed by atoms with E-state index in [9.17, 15) is 14.7 Å². The Bertz CT molecular complexity index is 947. The van der Waals surface area contributed by atoms with Crippen LogP contribution in [0.25, 0.3) is 6.08 Å². The number of fused-ring (bicyclic) bond motifs is 1. The number of esters is 2. The van der Waals surface area contributed by atoms with E-state index in [2.05, 4.69) is 4.98 Å². The van der Waals surface area contributed by atoms with Crippen LogP contribution in [-0.2, 0) is 39.0 Å². The van der Waals surface area contributed by atoms with Gasteiger partial charge in [-0.3, -0.25) is 4.79 Å². The summed E-state index contributed by atoms with van der Waals surface area (Å²) < 4.78 is 12.8. The summed E-state index contributed by atoms with van der Waals surface area (Å²) >= 11 is 0. The number of aryl methyl sites for hydroxylation is 1. The number of carbonyl (C=O) groups is 2. The molecule has 3 atom stereocenters. The van der Waals surface area contributed by atoms with Crippen LogP contribution in [-0.4, -0.2) is 44.9 Å². The minimum Gasteiger partial charge on any atom is -0.459 e. The van der Waals surface area contributed by atoms with E-state index in [4.69, 9.17) is 9.47 Å². The molecule has 2 aromatic rings. The highest BCUT2D eigenvalue weighted by Crippen LogP contribution is 2.21. The summed E-state index contributed by atoms with van der Waals surface area (Å²) in [5.74, 6) is -0.888. The standard InChI is InChI=1S/C23H26N2O5/c1-16(26)29-22-13-18-7-4-3-6-17(18)12-20(8-5-9-21(22)27)30-23(28)11-10-19-14-25(2)15-24-19/h3-7,9-11,14-15,20-22,27H,8,12-13H2,1-2H3/b9-5-,11-10+. The average molecular weight is 410 g/mol. The van der Waals surface area contributed by atoms with Crippen molar-refractivity contribution in [1.29, 1.82) is 0 Å². The molecule has 0 spiro atoms. The van der Waals surface area contributed by atoms with Crippen LogP contribution < -0.4 is 0 Å². The first-order valence-corrected chi connectivity index (χ1v) is 9.86. The molecule has 3 rings (SSSR count). The average Bonchev–Trinajstić information content (AvgIpc) is 3.11. The van der Waals surface area contributed by atoms with E-state index < -0.39 is 24.1 Å². The van der Waals surface area contributed by atoms with E-state index in [1.165, 1.54) is 13.0 Å². The largest absolute Gasteiger partial charge is 0.459 e. The maximum atomic E-state index is 12.3. The second-order valence-corrected chi connectivity index (χ2v) is 7.34. The Morgan fingerprint density at radius 2 is 1.93 bits per heavy atom. The fourth-order valence-electron chi connectivity index (χ4n) is 3.41. The Morgan fingerprint density at radius 1 is 1.20 bits per heavy atom. The first-order chi connectivity index (χ1) is 14.4. The van der Waals surface area contributed by atoms with E-state index >= 15 is 0 Å². The molecule has 30 heavy (non-hydrogen) atoms. The molecule has 1 aromatic carbocycles. The highest BCUT2D eigenvalue weighted by molar-refractivity contribution is 5.86. The number of nitrogens with zero attached hydrogens (tertiary/aromatic N) is 2. The van der Waals surface area contributed by atoms with Crippen LogP contribution in [0.2, 0.25) is 0 Å². The second-order valence-electron chi connectivity index (χ2n) is 7.34. The predicted molar refractivity (Wildman–Crippen MR) is 111 cm³/mol. The quantitative estimate of drug-likeness (QED) is 0.473. The Labute approximate surface area is 175 Å². The maximum absolute atomic E-state index is 12.3. The maximum Gasteiger partial charge on any atom is 0.331 e. The van der Waals surface area contributed by atoms with E-state index in [-0.39, 0.29) is 6.10 Å². The molecule has 1 aliphatic rings. The Balaban J connectivity index is 1.75. The van der Waals surface area contributed by atoms with Crippen LogP contribution in [0.3, 0.4) is 0 Å². The lowest BCUT2D eigenvalue weighted by atomic mass is 9.93. The topological polar surface area (TPSA) is 90.7 Å². The van der Waals surface area contributed by atoms with Crippen molar-refractivity contribution in [3.05, 3.63) is 71.8 Å². The Morgan fingerprint density at radius 3 is 2.60 bits per heavy atom.